The molecule has 2 aromatic rings. The Morgan fingerprint density at radius 1 is 1.04 bits per heavy atom. The molecule has 1 aromatic heterocycles. The van der Waals surface area contributed by atoms with Crippen molar-refractivity contribution in [1.82, 2.24) is 4.57 Å². The predicted molar refractivity (Wildman–Crippen MR) is 88.5 cm³/mol. The maximum atomic E-state index is 13.2. The maximum Gasteiger partial charge on any atom is 0.427 e. The average molecular weight is 488 g/mol. The molecular weight excluding hydrogens is 485 g/mol. The molecule has 0 aliphatic rings. The van der Waals surface area contributed by atoms with Crippen LogP contribution in [0.15, 0.2) is 23.2 Å². The summed E-state index contributed by atoms with van der Waals surface area (Å²) in [6.07, 6.45) is -4.33. The van der Waals surface area contributed by atoms with Crippen LogP contribution in [-0.2, 0) is 16.0 Å². The highest BCUT2D eigenvalue weighted by Gasteiger charge is 2.47. The molecule has 0 bridgehead atoms. The van der Waals surface area contributed by atoms with Crippen molar-refractivity contribution in [3.05, 3.63) is 44.7 Å². The van der Waals surface area contributed by atoms with E-state index in [2.05, 4.69) is 11.6 Å². The second kappa shape index (κ2) is 6.97. The highest BCUT2D eigenvalue weighted by Crippen LogP contribution is 2.42. The number of halogens is 9. The number of alkyl halides is 6. The Labute approximate surface area is 168 Å². The van der Waals surface area contributed by atoms with E-state index in [1.807, 2.05) is 0 Å². The topological polar surface area (TPSA) is 62.9 Å². The smallest absolute Gasteiger partial charge is 0.302 e. The fourth-order valence-electron chi connectivity index (χ4n) is 2.01. The number of rotatable bonds is 3. The minimum absolute atomic E-state index is 0.452. The lowest BCUT2D eigenvalue weighted by Gasteiger charge is -2.14. The molecule has 0 aliphatic carbocycles. The lowest BCUT2D eigenvalue weighted by molar-refractivity contribution is -0.137. The molecule has 2 rings (SSSR count). The summed E-state index contributed by atoms with van der Waals surface area (Å²) < 4.78 is 84.4. The van der Waals surface area contributed by atoms with E-state index in [0.717, 1.165) is 0 Å². The van der Waals surface area contributed by atoms with Crippen molar-refractivity contribution in [2.24, 2.45) is 0 Å². The van der Waals surface area contributed by atoms with Gasteiger partial charge in [-0.3, -0.25) is 0 Å². The third kappa shape index (κ3) is 3.84. The minimum atomic E-state index is -5.55. The molecular formula is C13H3Cl4F5N2O2S. The maximum absolute atomic E-state index is 13.2. The lowest BCUT2D eigenvalue weighted by Crippen LogP contribution is -2.22. The first-order valence-corrected chi connectivity index (χ1v) is 9.31. The van der Waals surface area contributed by atoms with Gasteiger partial charge in [0.05, 0.1) is 21.3 Å². The van der Waals surface area contributed by atoms with Gasteiger partial charge in [-0.2, -0.15) is 27.2 Å². The summed E-state index contributed by atoms with van der Waals surface area (Å²) in [6.45, 7) is 0. The van der Waals surface area contributed by atoms with Crippen molar-refractivity contribution in [3.63, 3.8) is 0 Å². The molecule has 4 nitrogen and oxygen atoms in total. The molecule has 0 amide bonds. The van der Waals surface area contributed by atoms with Gasteiger partial charge in [-0.15, -0.1) is 0 Å². The molecule has 1 aromatic carbocycles. The predicted octanol–water partition coefficient (Wildman–Crippen LogP) is 5.89. The Hall–Kier alpha value is -1.25. The van der Waals surface area contributed by atoms with Crippen LogP contribution in [0, 0.1) is 11.3 Å². The first kappa shape index (κ1) is 22.0. The Balaban J connectivity index is 2.83. The zero-order valence-corrected chi connectivity index (χ0v) is 16.1. The van der Waals surface area contributed by atoms with Gasteiger partial charge in [0.15, 0.2) is 0 Å². The second-order valence-electron chi connectivity index (χ2n) is 4.88. The standard InChI is InChI=1S/C13H3Cl4F5N2O2S/c14-7-1-5(12(18,19)20)2-8(15)10(7)24-4-9(6(3-23)11(24)16)27(25,26)13(17,21)22/h1-2,4H. The summed E-state index contributed by atoms with van der Waals surface area (Å²) in [5.41, 5.74) is -2.58. The van der Waals surface area contributed by atoms with E-state index in [-0.39, 0.29) is 0 Å². The first-order chi connectivity index (χ1) is 12.1. The Morgan fingerprint density at radius 3 is 1.89 bits per heavy atom. The molecule has 0 N–H and O–H groups in total. The van der Waals surface area contributed by atoms with Crippen molar-refractivity contribution in [2.75, 3.05) is 0 Å². The highest BCUT2D eigenvalue weighted by molar-refractivity contribution is 7.93. The average Bonchev–Trinajstić information content (AvgIpc) is 2.82. The molecule has 1 heterocycles. The number of hydrogen-bond donors (Lipinski definition) is 0. The van der Waals surface area contributed by atoms with Gasteiger partial charge in [0, 0.05) is 6.20 Å². The van der Waals surface area contributed by atoms with Gasteiger partial charge < -0.3 is 4.57 Å². The van der Waals surface area contributed by atoms with Crippen LogP contribution in [0.25, 0.3) is 5.69 Å². The van der Waals surface area contributed by atoms with Gasteiger partial charge in [-0.05, 0) is 23.7 Å². The normalized spacial score (nSPS) is 12.9. The van der Waals surface area contributed by atoms with Gasteiger partial charge in [-0.1, -0.05) is 34.8 Å². The van der Waals surface area contributed by atoms with E-state index < -0.39 is 57.6 Å². The van der Waals surface area contributed by atoms with Crippen LogP contribution in [-0.4, -0.2) is 17.7 Å². The van der Waals surface area contributed by atoms with E-state index in [1.54, 1.807) is 0 Å². The van der Waals surface area contributed by atoms with Crippen LogP contribution in [0.3, 0.4) is 0 Å². The molecule has 0 saturated heterocycles. The second-order valence-corrected chi connectivity index (χ2v) is 8.71. The number of hydrogen-bond acceptors (Lipinski definition) is 3. The molecule has 0 aliphatic heterocycles. The SMILES string of the molecule is N#Cc1c(S(=O)(=O)C(F)(F)Cl)cn(-c2c(Cl)cc(C(F)(F)F)cc2Cl)c1Cl. The quantitative estimate of drug-likeness (QED) is 0.400. The van der Waals surface area contributed by atoms with E-state index in [1.165, 1.54) is 6.07 Å². The molecule has 0 radical (unpaired) electrons. The van der Waals surface area contributed by atoms with Crippen LogP contribution < -0.4 is 0 Å². The fourth-order valence-corrected chi connectivity index (χ4v) is 4.17. The van der Waals surface area contributed by atoms with Crippen molar-refractivity contribution < 1.29 is 30.4 Å². The number of nitrogens with zero attached hydrogens (tertiary/aromatic N) is 2. The summed E-state index contributed by atoms with van der Waals surface area (Å²) in [5, 5.41) is 7.09. The first-order valence-electron chi connectivity index (χ1n) is 6.31. The van der Waals surface area contributed by atoms with Crippen LogP contribution >= 0.6 is 46.4 Å². The Bertz CT molecular complexity index is 1050. The summed E-state index contributed by atoms with van der Waals surface area (Å²) in [7, 11) is -5.55. The monoisotopic (exact) mass is 486 g/mol. The highest BCUT2D eigenvalue weighted by atomic mass is 35.5. The third-order valence-corrected chi connectivity index (χ3v) is 6.26. The van der Waals surface area contributed by atoms with E-state index in [0.29, 0.717) is 22.9 Å². The van der Waals surface area contributed by atoms with Crippen molar-refractivity contribution >= 4 is 56.2 Å². The molecule has 0 saturated carbocycles. The number of sulfone groups is 1. The van der Waals surface area contributed by atoms with Gasteiger partial charge in [0.1, 0.15) is 21.7 Å². The number of nitriles is 1. The Kier molecular flexibility index (Phi) is 5.69. The van der Waals surface area contributed by atoms with Crippen LogP contribution in [0.5, 0.6) is 0 Å². The van der Waals surface area contributed by atoms with Gasteiger partial charge in [0.25, 0.3) is 9.84 Å². The van der Waals surface area contributed by atoms with Gasteiger partial charge in [0.2, 0.25) is 0 Å². The number of aromatic nitrogens is 1. The molecule has 0 spiro atoms. The van der Waals surface area contributed by atoms with E-state index >= 15 is 0 Å². The lowest BCUT2D eigenvalue weighted by atomic mass is 10.2. The van der Waals surface area contributed by atoms with Gasteiger partial charge >= 0.3 is 10.9 Å². The molecule has 0 unspecified atom stereocenters. The minimum Gasteiger partial charge on any atom is -0.302 e. The zero-order valence-electron chi connectivity index (χ0n) is 12.3. The van der Waals surface area contributed by atoms with Crippen molar-refractivity contribution in [2.45, 2.75) is 15.8 Å². The van der Waals surface area contributed by atoms with Crippen LogP contribution in [0.2, 0.25) is 15.2 Å². The van der Waals surface area contributed by atoms with Gasteiger partial charge in [-0.25, -0.2) is 8.42 Å². The molecule has 0 fully saturated rings. The van der Waals surface area contributed by atoms with Crippen molar-refractivity contribution in [3.8, 4) is 11.8 Å². The van der Waals surface area contributed by atoms with Crippen molar-refractivity contribution in [1.29, 1.82) is 5.26 Å². The molecule has 146 valence electrons. The summed E-state index contributed by atoms with van der Waals surface area (Å²) in [6, 6.07) is 2.25. The summed E-state index contributed by atoms with van der Waals surface area (Å²) in [4.78, 5) is -1.25. The summed E-state index contributed by atoms with van der Waals surface area (Å²) >= 11 is 22.0. The summed E-state index contributed by atoms with van der Waals surface area (Å²) in [5.74, 6) is 0. The largest absolute Gasteiger partial charge is 0.427 e. The molecule has 27 heavy (non-hydrogen) atoms. The Morgan fingerprint density at radius 2 is 1.52 bits per heavy atom. The van der Waals surface area contributed by atoms with Crippen LogP contribution in [0.4, 0.5) is 22.0 Å². The zero-order chi connectivity index (χ0) is 20.9. The van der Waals surface area contributed by atoms with E-state index in [4.69, 9.17) is 40.1 Å². The third-order valence-electron chi connectivity index (χ3n) is 3.20. The van der Waals surface area contributed by atoms with E-state index in [9.17, 15) is 30.4 Å². The molecule has 0 atom stereocenters. The number of benzene rings is 1. The fraction of sp³-hybridized carbons (Fsp3) is 0.154. The molecule has 14 heteroatoms. The van der Waals surface area contributed by atoms with Crippen LogP contribution in [0.1, 0.15) is 11.1 Å².